The molecule has 0 unspecified atom stereocenters. The van der Waals surface area contributed by atoms with Crippen molar-refractivity contribution in [2.75, 3.05) is 10.6 Å². The lowest BCUT2D eigenvalue weighted by Gasteiger charge is -2.14. The predicted octanol–water partition coefficient (Wildman–Crippen LogP) is 4.20. The van der Waals surface area contributed by atoms with Crippen LogP contribution in [0.3, 0.4) is 0 Å². The molecule has 9 heteroatoms. The molecule has 0 heterocycles. The molecule has 0 aliphatic carbocycles. The van der Waals surface area contributed by atoms with E-state index in [1.807, 2.05) is 0 Å². The van der Waals surface area contributed by atoms with Gasteiger partial charge in [-0.15, -0.1) is 0 Å². The number of nitrogens with one attached hydrogen (secondary N) is 2. The maximum atomic E-state index is 12.3. The number of rotatable bonds is 3. The first-order chi connectivity index (χ1) is 12.3. The van der Waals surface area contributed by atoms with Crippen LogP contribution in [0.15, 0.2) is 64.0 Å². The zero-order valence-electron chi connectivity index (χ0n) is 13.1. The first kappa shape index (κ1) is 18.2. The van der Waals surface area contributed by atoms with Crippen LogP contribution in [0.4, 0.5) is 16.2 Å². The quantitative estimate of drug-likeness (QED) is 0.362. The molecule has 26 heavy (non-hydrogen) atoms. The molecule has 0 aromatic heterocycles. The number of benzene rings is 3. The molecule has 0 atom stereocenters. The maximum Gasteiger partial charge on any atom is 0.323 e. The summed E-state index contributed by atoms with van der Waals surface area (Å²) in [7, 11) is -4.55. The average molecular weight is 437 g/mol. The Hall–Kier alpha value is -2.62. The van der Waals surface area contributed by atoms with Crippen molar-refractivity contribution in [2.45, 2.75) is 4.90 Å². The zero-order valence-corrected chi connectivity index (χ0v) is 15.5. The average Bonchev–Trinajstić information content (AvgIpc) is 2.58. The van der Waals surface area contributed by atoms with E-state index in [1.54, 1.807) is 36.4 Å². The van der Waals surface area contributed by atoms with Crippen LogP contribution >= 0.6 is 15.9 Å². The highest BCUT2D eigenvalue weighted by Gasteiger charge is 2.20. The highest BCUT2D eigenvalue weighted by molar-refractivity contribution is 9.10. The predicted molar refractivity (Wildman–Crippen MR) is 102 cm³/mol. The fraction of sp³-hybridized carbons (Fsp3) is 0. The molecule has 0 spiro atoms. The van der Waals surface area contributed by atoms with Crippen molar-refractivity contribution in [3.8, 4) is 5.75 Å². The maximum absolute atomic E-state index is 12.3. The lowest BCUT2D eigenvalue weighted by molar-refractivity contribution is 0.262. The topological polar surface area (TPSA) is 116 Å². The van der Waals surface area contributed by atoms with Gasteiger partial charge in [0.05, 0.1) is 11.4 Å². The van der Waals surface area contributed by atoms with Gasteiger partial charge in [-0.2, -0.15) is 8.42 Å². The van der Waals surface area contributed by atoms with E-state index >= 15 is 0 Å². The van der Waals surface area contributed by atoms with Crippen LogP contribution in [0.1, 0.15) is 0 Å². The molecule has 0 aliphatic heterocycles. The van der Waals surface area contributed by atoms with Crippen molar-refractivity contribution in [1.82, 2.24) is 0 Å². The number of halogens is 1. The lowest BCUT2D eigenvalue weighted by Crippen LogP contribution is -2.20. The summed E-state index contributed by atoms with van der Waals surface area (Å²) in [4.78, 5) is 11.8. The summed E-state index contributed by atoms with van der Waals surface area (Å²) in [6.45, 7) is 0. The number of phenolic OH excluding ortho intramolecular Hbond substituents is 1. The van der Waals surface area contributed by atoms with E-state index < -0.39 is 26.8 Å². The normalized spacial score (nSPS) is 11.3. The molecule has 3 aromatic rings. The van der Waals surface area contributed by atoms with Gasteiger partial charge in [-0.3, -0.25) is 4.55 Å². The first-order valence-electron chi connectivity index (χ1n) is 7.32. The van der Waals surface area contributed by atoms with Gasteiger partial charge in [-0.05, 0) is 28.1 Å². The van der Waals surface area contributed by atoms with E-state index in [0.717, 1.165) is 6.07 Å². The van der Waals surface area contributed by atoms with Crippen molar-refractivity contribution in [2.24, 2.45) is 0 Å². The SMILES string of the molecule is O=C(Nc1ccccc1Br)Nc1c(O)cc(S(=O)(=O)O)c2ccccc12. The third-order valence-corrected chi connectivity index (χ3v) is 5.21. The van der Waals surface area contributed by atoms with Crippen LogP contribution in [0.5, 0.6) is 5.75 Å². The van der Waals surface area contributed by atoms with Crippen LogP contribution in [-0.2, 0) is 10.1 Å². The second kappa shape index (κ2) is 6.94. The highest BCUT2D eigenvalue weighted by Crippen LogP contribution is 2.37. The number of carbonyl (C=O) groups excluding carboxylic acids is 1. The summed E-state index contributed by atoms with van der Waals surface area (Å²) in [5.74, 6) is -0.487. The van der Waals surface area contributed by atoms with Gasteiger partial charge >= 0.3 is 6.03 Å². The van der Waals surface area contributed by atoms with Crippen molar-refractivity contribution in [3.63, 3.8) is 0 Å². The minimum Gasteiger partial charge on any atom is -0.506 e. The minimum absolute atomic E-state index is 0.0255. The monoisotopic (exact) mass is 436 g/mol. The van der Waals surface area contributed by atoms with Crippen molar-refractivity contribution in [3.05, 3.63) is 59.1 Å². The number of carbonyl (C=O) groups is 1. The zero-order chi connectivity index (χ0) is 18.9. The van der Waals surface area contributed by atoms with Crippen molar-refractivity contribution >= 4 is 54.2 Å². The van der Waals surface area contributed by atoms with Gasteiger partial charge in [0.2, 0.25) is 0 Å². The van der Waals surface area contributed by atoms with Gasteiger partial charge in [-0.1, -0.05) is 36.4 Å². The molecule has 0 aliphatic rings. The second-order valence-electron chi connectivity index (χ2n) is 5.35. The Morgan fingerprint density at radius 2 is 1.58 bits per heavy atom. The number of hydrogen-bond donors (Lipinski definition) is 4. The highest BCUT2D eigenvalue weighted by atomic mass is 79.9. The fourth-order valence-electron chi connectivity index (χ4n) is 2.50. The third kappa shape index (κ3) is 3.64. The third-order valence-electron chi connectivity index (χ3n) is 3.62. The molecule has 7 nitrogen and oxygen atoms in total. The lowest BCUT2D eigenvalue weighted by atomic mass is 10.1. The molecule has 0 bridgehead atoms. The van der Waals surface area contributed by atoms with Gasteiger partial charge in [0.25, 0.3) is 10.1 Å². The fourth-order valence-corrected chi connectivity index (χ4v) is 3.60. The Morgan fingerprint density at radius 1 is 0.962 bits per heavy atom. The number of urea groups is 1. The van der Waals surface area contributed by atoms with E-state index in [9.17, 15) is 22.9 Å². The van der Waals surface area contributed by atoms with Crippen LogP contribution in [-0.4, -0.2) is 24.1 Å². The van der Waals surface area contributed by atoms with Crippen LogP contribution < -0.4 is 10.6 Å². The number of amides is 2. The van der Waals surface area contributed by atoms with E-state index in [1.165, 1.54) is 12.1 Å². The summed E-state index contributed by atoms with van der Waals surface area (Å²) in [5, 5.41) is 15.8. The van der Waals surface area contributed by atoms with Gasteiger partial charge < -0.3 is 15.7 Å². The smallest absolute Gasteiger partial charge is 0.323 e. The van der Waals surface area contributed by atoms with Gasteiger partial charge in [0.15, 0.2) is 0 Å². The second-order valence-corrected chi connectivity index (χ2v) is 7.59. The number of aromatic hydroxyl groups is 1. The molecule has 4 N–H and O–H groups in total. The molecule has 0 saturated heterocycles. The molecule has 3 aromatic carbocycles. The van der Waals surface area contributed by atoms with Gasteiger partial charge in [0.1, 0.15) is 10.6 Å². The molecule has 0 radical (unpaired) electrons. The number of para-hydroxylation sites is 1. The Labute approximate surface area is 157 Å². The van der Waals surface area contributed by atoms with Crippen molar-refractivity contribution < 1.29 is 22.9 Å². The summed E-state index contributed by atoms with van der Waals surface area (Å²) in [5.41, 5.74) is 0.543. The van der Waals surface area contributed by atoms with E-state index in [0.29, 0.717) is 10.2 Å². The summed E-state index contributed by atoms with van der Waals surface area (Å²) in [6, 6.07) is 13.4. The van der Waals surface area contributed by atoms with Gasteiger partial charge in [-0.25, -0.2) is 4.79 Å². The Bertz CT molecular complexity index is 1120. The Kier molecular flexibility index (Phi) is 4.86. The molecule has 3 rings (SSSR count). The standard InChI is InChI=1S/C17H13BrN2O5S/c18-12-7-3-4-8-13(12)19-17(22)20-16-11-6-2-1-5-10(11)15(9-14(16)21)26(23,24)25/h1-9,21H,(H2,19,20,22)(H,23,24,25). The largest absolute Gasteiger partial charge is 0.506 e. The first-order valence-corrected chi connectivity index (χ1v) is 9.55. The molecule has 0 saturated carbocycles. The molecule has 134 valence electrons. The number of fused-ring (bicyclic) bond motifs is 1. The van der Waals surface area contributed by atoms with Crippen LogP contribution in [0, 0.1) is 0 Å². The van der Waals surface area contributed by atoms with Gasteiger partial charge in [0, 0.05) is 21.3 Å². The minimum atomic E-state index is -4.55. The van der Waals surface area contributed by atoms with E-state index in [4.69, 9.17) is 0 Å². The van der Waals surface area contributed by atoms with E-state index in [2.05, 4.69) is 26.6 Å². The number of phenols is 1. The van der Waals surface area contributed by atoms with Crippen molar-refractivity contribution in [1.29, 1.82) is 0 Å². The molecule has 0 fully saturated rings. The Balaban J connectivity index is 2.02. The van der Waals surface area contributed by atoms with Crippen LogP contribution in [0.25, 0.3) is 10.8 Å². The summed E-state index contributed by atoms with van der Waals surface area (Å²) < 4.78 is 33.1. The summed E-state index contributed by atoms with van der Waals surface area (Å²) >= 11 is 3.31. The molecule has 2 amide bonds. The number of anilines is 2. The Morgan fingerprint density at radius 3 is 2.23 bits per heavy atom. The number of hydrogen-bond acceptors (Lipinski definition) is 4. The van der Waals surface area contributed by atoms with Crippen LogP contribution in [0.2, 0.25) is 0 Å². The molecular weight excluding hydrogens is 424 g/mol. The summed E-state index contributed by atoms with van der Waals surface area (Å²) in [6.07, 6.45) is 0. The van der Waals surface area contributed by atoms with E-state index in [-0.39, 0.29) is 16.5 Å². The molecular formula is C17H13BrN2O5S.